The summed E-state index contributed by atoms with van der Waals surface area (Å²) in [5, 5.41) is 21.6. The van der Waals surface area contributed by atoms with Crippen LogP contribution in [0.5, 0.6) is 0 Å². The molecule has 2 aromatic rings. The summed E-state index contributed by atoms with van der Waals surface area (Å²) in [6.07, 6.45) is -1.10. The van der Waals surface area contributed by atoms with Crippen LogP contribution in [-0.2, 0) is 14.3 Å². The molecule has 0 aliphatic rings. The highest BCUT2D eigenvalue weighted by Gasteiger charge is 2.25. The molecule has 0 saturated heterocycles. The van der Waals surface area contributed by atoms with Crippen LogP contribution >= 0.6 is 0 Å². The van der Waals surface area contributed by atoms with E-state index < -0.39 is 26.1 Å². The predicted octanol–water partition coefficient (Wildman–Crippen LogP) is 2.97. The van der Waals surface area contributed by atoms with E-state index in [1.807, 2.05) is 0 Å². The number of non-ortho nitro benzene ring substituents is 1. The molecule has 10 heteroatoms. The first-order valence-electron chi connectivity index (χ1n) is 6.63. The Balaban J connectivity index is 2.29. The van der Waals surface area contributed by atoms with Gasteiger partial charge < -0.3 is 0 Å². The van der Waals surface area contributed by atoms with E-state index >= 15 is 0 Å². The van der Waals surface area contributed by atoms with Gasteiger partial charge in [-0.05, 0) is 25.1 Å². The molecule has 0 radical (unpaired) electrons. The molecule has 126 valence electrons. The van der Waals surface area contributed by atoms with E-state index in [1.54, 1.807) is 0 Å². The molecule has 2 rings (SSSR count). The second-order valence-corrected chi connectivity index (χ2v) is 6.33. The Morgan fingerprint density at radius 2 is 1.54 bits per heavy atom. The van der Waals surface area contributed by atoms with Crippen molar-refractivity contribution in [2.45, 2.75) is 17.9 Å². The Kier molecular flexibility index (Phi) is 4.90. The number of para-hydroxylation sites is 1. The second-order valence-electron chi connectivity index (χ2n) is 4.76. The summed E-state index contributed by atoms with van der Waals surface area (Å²) in [5.41, 5.74) is -0.419. The largest absolute Gasteiger partial charge is 0.297 e. The van der Waals surface area contributed by atoms with Gasteiger partial charge in [0.15, 0.2) is 0 Å². The first-order chi connectivity index (χ1) is 11.2. The lowest BCUT2D eigenvalue weighted by Crippen LogP contribution is -2.11. The van der Waals surface area contributed by atoms with Crippen molar-refractivity contribution in [2.75, 3.05) is 0 Å². The Morgan fingerprint density at radius 1 is 0.958 bits per heavy atom. The molecule has 1 atom stereocenters. The van der Waals surface area contributed by atoms with E-state index in [0.29, 0.717) is 0 Å². The second kappa shape index (κ2) is 6.72. The maximum atomic E-state index is 12.2. The quantitative estimate of drug-likeness (QED) is 0.444. The third-order valence-electron chi connectivity index (χ3n) is 3.18. The first-order valence-corrected chi connectivity index (χ1v) is 8.04. The molecule has 1 unspecified atom stereocenters. The van der Waals surface area contributed by atoms with Crippen LogP contribution in [0, 0.1) is 20.2 Å². The van der Waals surface area contributed by atoms with Crippen LogP contribution in [-0.4, -0.2) is 18.3 Å². The highest BCUT2D eigenvalue weighted by Crippen LogP contribution is 2.30. The normalized spacial score (nSPS) is 12.5. The van der Waals surface area contributed by atoms with Crippen molar-refractivity contribution >= 4 is 21.5 Å². The van der Waals surface area contributed by atoms with Gasteiger partial charge in [0.05, 0.1) is 20.3 Å². The van der Waals surface area contributed by atoms with Crippen molar-refractivity contribution < 1.29 is 22.4 Å². The molecule has 0 fully saturated rings. The minimum atomic E-state index is -4.24. The summed E-state index contributed by atoms with van der Waals surface area (Å²) in [5.74, 6) is 0. The minimum Gasteiger partial charge on any atom is -0.258 e. The molecular weight excluding hydrogens is 340 g/mol. The fraction of sp³-hybridized carbons (Fsp3) is 0.143. The van der Waals surface area contributed by atoms with Crippen LogP contribution < -0.4 is 0 Å². The first kappa shape index (κ1) is 17.5. The van der Waals surface area contributed by atoms with Crippen LogP contribution in [0.4, 0.5) is 11.4 Å². The number of nitro groups is 2. The van der Waals surface area contributed by atoms with Gasteiger partial charge in [-0.1, -0.05) is 12.1 Å². The number of hydrogen-bond acceptors (Lipinski definition) is 7. The van der Waals surface area contributed by atoms with E-state index in [1.165, 1.54) is 31.2 Å². The van der Waals surface area contributed by atoms with Crippen molar-refractivity contribution in [3.05, 3.63) is 74.3 Å². The highest BCUT2D eigenvalue weighted by atomic mass is 32.2. The van der Waals surface area contributed by atoms with Gasteiger partial charge in [-0.15, -0.1) is 0 Å². The molecular formula is C14H12N2O7S. The Bertz CT molecular complexity index is 878. The summed E-state index contributed by atoms with van der Waals surface area (Å²) < 4.78 is 29.4. The zero-order chi connectivity index (χ0) is 17.9. The molecule has 0 aromatic heterocycles. The highest BCUT2D eigenvalue weighted by molar-refractivity contribution is 7.86. The minimum absolute atomic E-state index is 0.105. The number of nitrogens with zero attached hydrogens (tertiary/aromatic N) is 2. The molecule has 0 amide bonds. The van der Waals surface area contributed by atoms with E-state index in [9.17, 15) is 28.6 Å². The predicted molar refractivity (Wildman–Crippen MR) is 82.9 cm³/mol. The molecule has 0 saturated carbocycles. The van der Waals surface area contributed by atoms with Crippen molar-refractivity contribution in [1.29, 1.82) is 0 Å². The van der Waals surface area contributed by atoms with Gasteiger partial charge in [0.2, 0.25) is 0 Å². The van der Waals surface area contributed by atoms with Gasteiger partial charge >= 0.3 is 0 Å². The van der Waals surface area contributed by atoms with Crippen LogP contribution in [0.15, 0.2) is 53.4 Å². The van der Waals surface area contributed by atoms with E-state index in [4.69, 9.17) is 4.18 Å². The van der Waals surface area contributed by atoms with Gasteiger partial charge in [-0.25, -0.2) is 0 Å². The lowest BCUT2D eigenvalue weighted by atomic mass is 10.1. The summed E-state index contributed by atoms with van der Waals surface area (Å²) in [6, 6.07) is 9.78. The Morgan fingerprint density at radius 3 is 2.08 bits per heavy atom. The van der Waals surface area contributed by atoms with Gasteiger partial charge in [0, 0.05) is 18.2 Å². The molecule has 0 bridgehead atoms. The van der Waals surface area contributed by atoms with Gasteiger partial charge in [-0.2, -0.15) is 8.42 Å². The summed E-state index contributed by atoms with van der Waals surface area (Å²) >= 11 is 0. The molecule has 0 aliphatic carbocycles. The van der Waals surface area contributed by atoms with E-state index in [-0.39, 0.29) is 21.8 Å². The SMILES string of the molecule is CC(OS(=O)(=O)c1ccc([N+](=O)[O-])cc1)c1ccccc1[N+](=O)[O-]. The van der Waals surface area contributed by atoms with Gasteiger partial charge in [0.1, 0.15) is 6.10 Å². The maximum absolute atomic E-state index is 12.2. The zero-order valence-electron chi connectivity index (χ0n) is 12.4. The fourth-order valence-electron chi connectivity index (χ4n) is 2.03. The third-order valence-corrected chi connectivity index (χ3v) is 4.57. The van der Waals surface area contributed by atoms with Gasteiger partial charge in [0.25, 0.3) is 21.5 Å². The molecule has 24 heavy (non-hydrogen) atoms. The van der Waals surface area contributed by atoms with Crippen molar-refractivity contribution in [1.82, 2.24) is 0 Å². The van der Waals surface area contributed by atoms with Gasteiger partial charge in [-0.3, -0.25) is 24.4 Å². The molecule has 0 N–H and O–H groups in total. The lowest BCUT2D eigenvalue weighted by molar-refractivity contribution is -0.386. The third kappa shape index (κ3) is 3.73. The summed E-state index contributed by atoms with van der Waals surface area (Å²) in [7, 11) is -4.24. The van der Waals surface area contributed by atoms with Crippen LogP contribution in [0.2, 0.25) is 0 Å². The monoisotopic (exact) mass is 352 g/mol. The summed E-state index contributed by atoms with van der Waals surface area (Å²) in [6.45, 7) is 1.37. The van der Waals surface area contributed by atoms with Crippen molar-refractivity contribution in [2.24, 2.45) is 0 Å². The topological polar surface area (TPSA) is 130 Å². The number of hydrogen-bond donors (Lipinski definition) is 0. The van der Waals surface area contributed by atoms with E-state index in [0.717, 1.165) is 24.3 Å². The number of rotatable bonds is 6. The zero-order valence-corrected chi connectivity index (χ0v) is 13.2. The molecule has 9 nitrogen and oxygen atoms in total. The number of nitro benzene ring substituents is 2. The Hall–Kier alpha value is -2.85. The average molecular weight is 352 g/mol. The molecule has 0 spiro atoms. The van der Waals surface area contributed by atoms with Crippen LogP contribution in [0.25, 0.3) is 0 Å². The van der Waals surface area contributed by atoms with Crippen molar-refractivity contribution in [3.63, 3.8) is 0 Å². The van der Waals surface area contributed by atoms with Crippen molar-refractivity contribution in [3.8, 4) is 0 Å². The number of benzene rings is 2. The molecule has 0 heterocycles. The fourth-order valence-corrected chi connectivity index (χ4v) is 3.09. The van der Waals surface area contributed by atoms with Crippen LogP contribution in [0.1, 0.15) is 18.6 Å². The maximum Gasteiger partial charge on any atom is 0.297 e. The molecule has 2 aromatic carbocycles. The standard InChI is InChI=1S/C14H12N2O7S/c1-10(13-4-2-3-5-14(13)16(19)20)23-24(21,22)12-8-6-11(7-9-12)15(17)18/h2-10H,1H3. The lowest BCUT2D eigenvalue weighted by Gasteiger charge is -2.13. The summed E-state index contributed by atoms with van der Waals surface area (Å²) in [4.78, 5) is 20.0. The average Bonchev–Trinajstić information content (AvgIpc) is 2.54. The smallest absolute Gasteiger partial charge is 0.258 e. The van der Waals surface area contributed by atoms with E-state index in [2.05, 4.69) is 0 Å². The van der Waals surface area contributed by atoms with Crippen LogP contribution in [0.3, 0.4) is 0 Å². The molecule has 0 aliphatic heterocycles. The Labute approximate surface area is 136 Å².